The lowest BCUT2D eigenvalue weighted by atomic mass is 9.82. The molecule has 1 saturated carbocycles. The highest BCUT2D eigenvalue weighted by molar-refractivity contribution is 6.03. The van der Waals surface area contributed by atoms with E-state index in [9.17, 15) is 14.4 Å². The van der Waals surface area contributed by atoms with Crippen molar-refractivity contribution in [2.24, 2.45) is 11.8 Å². The Kier molecular flexibility index (Phi) is 8.21. The van der Waals surface area contributed by atoms with E-state index in [1.54, 1.807) is 42.2 Å². The van der Waals surface area contributed by atoms with Crippen molar-refractivity contribution in [3.63, 3.8) is 0 Å². The summed E-state index contributed by atoms with van der Waals surface area (Å²) in [5.41, 5.74) is 1.26. The third-order valence-electron chi connectivity index (χ3n) is 7.03. The van der Waals surface area contributed by atoms with Gasteiger partial charge in [-0.2, -0.15) is 5.26 Å². The van der Waals surface area contributed by atoms with Gasteiger partial charge in [0.2, 0.25) is 11.8 Å². The third-order valence-corrected chi connectivity index (χ3v) is 7.03. The molecule has 8 heteroatoms. The predicted octanol–water partition coefficient (Wildman–Crippen LogP) is 5.17. The van der Waals surface area contributed by atoms with Crippen molar-refractivity contribution in [1.82, 2.24) is 0 Å². The summed E-state index contributed by atoms with van der Waals surface area (Å²) < 4.78 is 17.1. The van der Waals surface area contributed by atoms with Gasteiger partial charge in [0, 0.05) is 29.7 Å². The molecule has 0 N–H and O–H groups in total. The van der Waals surface area contributed by atoms with Gasteiger partial charge in [-0.25, -0.2) is 4.79 Å². The van der Waals surface area contributed by atoms with Gasteiger partial charge in [0.15, 0.2) is 5.78 Å². The number of hydrogen-bond donors (Lipinski definition) is 0. The quantitative estimate of drug-likeness (QED) is 0.369. The van der Waals surface area contributed by atoms with E-state index in [1.807, 2.05) is 6.07 Å². The molecule has 2 heterocycles. The highest BCUT2D eigenvalue weighted by atomic mass is 16.5. The monoisotopic (exact) mass is 492 g/mol. The average molecular weight is 493 g/mol. The first-order valence-electron chi connectivity index (χ1n) is 12.6. The minimum absolute atomic E-state index is 0.0405. The minimum Gasteiger partial charge on any atom is -0.462 e. The number of carbonyl (C=O) groups excluding carboxylic acids is 3. The SMILES string of the molecule is CCOC(=O)c1cc(-c2ccc(C(=O)CC#N)cc2)oc1N(C(=O)C1CCC(C)CC1)C1CCOC1. The summed E-state index contributed by atoms with van der Waals surface area (Å²) in [5, 5.41) is 8.78. The van der Waals surface area contributed by atoms with E-state index >= 15 is 0 Å². The zero-order chi connectivity index (χ0) is 25.7. The largest absolute Gasteiger partial charge is 0.462 e. The summed E-state index contributed by atoms with van der Waals surface area (Å²) in [4.78, 5) is 40.5. The highest BCUT2D eigenvalue weighted by Gasteiger charge is 2.39. The molecule has 1 aromatic heterocycles. The molecule has 2 aliphatic rings. The van der Waals surface area contributed by atoms with E-state index in [-0.39, 0.29) is 48.1 Å². The van der Waals surface area contributed by atoms with Gasteiger partial charge in [-0.15, -0.1) is 0 Å². The standard InChI is InChI=1S/C28H32N2O6/c1-3-35-28(33)23-16-25(20-10-8-19(9-11-20)24(31)12-14-29)36-27(23)30(22-13-15-34-17-22)26(32)21-6-4-18(2)5-7-21/h8-11,16,18,21-22H,3-7,12-13,15,17H2,1-2H3. The van der Waals surface area contributed by atoms with Crippen molar-refractivity contribution in [2.45, 2.75) is 58.4 Å². The highest BCUT2D eigenvalue weighted by Crippen LogP contribution is 2.38. The molecular weight excluding hydrogens is 460 g/mol. The van der Waals surface area contributed by atoms with Crippen molar-refractivity contribution in [2.75, 3.05) is 24.7 Å². The average Bonchev–Trinajstić information content (AvgIpc) is 3.56. The number of rotatable bonds is 8. The number of ether oxygens (including phenoxy) is 2. The van der Waals surface area contributed by atoms with Crippen LogP contribution in [0.2, 0.25) is 0 Å². The molecule has 2 fully saturated rings. The molecule has 0 spiro atoms. The van der Waals surface area contributed by atoms with E-state index < -0.39 is 5.97 Å². The lowest BCUT2D eigenvalue weighted by molar-refractivity contribution is -0.124. The van der Waals surface area contributed by atoms with Crippen LogP contribution in [-0.2, 0) is 14.3 Å². The molecule has 190 valence electrons. The second-order valence-electron chi connectivity index (χ2n) is 9.57. The van der Waals surface area contributed by atoms with Gasteiger partial charge in [0.25, 0.3) is 0 Å². The lowest BCUT2D eigenvalue weighted by Crippen LogP contribution is -2.45. The van der Waals surface area contributed by atoms with Crippen LogP contribution in [0.4, 0.5) is 5.88 Å². The molecule has 2 aromatic rings. The Balaban J connectivity index is 1.72. The van der Waals surface area contributed by atoms with Crippen LogP contribution in [0.25, 0.3) is 11.3 Å². The first kappa shape index (κ1) is 25.6. The Labute approximate surface area is 211 Å². The number of anilines is 1. The Hall–Kier alpha value is -3.44. The second-order valence-corrected chi connectivity index (χ2v) is 9.57. The van der Waals surface area contributed by atoms with Gasteiger partial charge in [0.05, 0.1) is 31.7 Å². The molecule has 0 radical (unpaired) electrons. The summed E-state index contributed by atoms with van der Waals surface area (Å²) in [7, 11) is 0. The van der Waals surface area contributed by atoms with Crippen molar-refractivity contribution >= 4 is 23.5 Å². The van der Waals surface area contributed by atoms with E-state index in [1.165, 1.54) is 0 Å². The van der Waals surface area contributed by atoms with Gasteiger partial charge < -0.3 is 13.9 Å². The van der Waals surface area contributed by atoms with E-state index in [0.29, 0.717) is 42.4 Å². The summed E-state index contributed by atoms with van der Waals surface area (Å²) >= 11 is 0. The molecule has 1 amide bonds. The summed E-state index contributed by atoms with van der Waals surface area (Å²) in [5.74, 6) is 0.185. The van der Waals surface area contributed by atoms with Crippen LogP contribution >= 0.6 is 0 Å². The number of ketones is 1. The zero-order valence-corrected chi connectivity index (χ0v) is 20.8. The first-order chi connectivity index (χ1) is 17.4. The van der Waals surface area contributed by atoms with Crippen LogP contribution in [-0.4, -0.2) is 43.5 Å². The van der Waals surface area contributed by atoms with Crippen LogP contribution < -0.4 is 4.90 Å². The van der Waals surface area contributed by atoms with Crippen molar-refractivity contribution in [1.29, 1.82) is 5.26 Å². The van der Waals surface area contributed by atoms with Gasteiger partial charge in [-0.05, 0) is 44.9 Å². The van der Waals surface area contributed by atoms with Crippen LogP contribution in [0.3, 0.4) is 0 Å². The number of nitrogens with zero attached hydrogens (tertiary/aromatic N) is 2. The van der Waals surface area contributed by atoms with E-state index in [4.69, 9.17) is 19.2 Å². The molecule has 1 atom stereocenters. The second kappa shape index (κ2) is 11.5. The molecule has 1 unspecified atom stereocenters. The zero-order valence-electron chi connectivity index (χ0n) is 20.8. The number of benzene rings is 1. The molecule has 0 bridgehead atoms. The van der Waals surface area contributed by atoms with Crippen LogP contribution in [0.1, 0.15) is 73.1 Å². The predicted molar refractivity (Wildman–Crippen MR) is 132 cm³/mol. The summed E-state index contributed by atoms with van der Waals surface area (Å²) in [6, 6.07) is 9.88. The maximum absolute atomic E-state index is 13.8. The Bertz CT molecular complexity index is 1130. The fourth-order valence-corrected chi connectivity index (χ4v) is 4.93. The fourth-order valence-electron chi connectivity index (χ4n) is 4.93. The number of esters is 1. The topological polar surface area (TPSA) is 110 Å². The minimum atomic E-state index is -0.558. The summed E-state index contributed by atoms with van der Waals surface area (Å²) in [6.45, 7) is 5.04. The fraction of sp³-hybridized carbons (Fsp3) is 0.500. The summed E-state index contributed by atoms with van der Waals surface area (Å²) in [6.07, 6.45) is 4.07. The maximum Gasteiger partial charge on any atom is 0.343 e. The van der Waals surface area contributed by atoms with E-state index in [2.05, 4.69) is 6.92 Å². The van der Waals surface area contributed by atoms with Crippen molar-refractivity contribution in [3.05, 3.63) is 41.5 Å². The Morgan fingerprint density at radius 1 is 1.11 bits per heavy atom. The molecule has 1 saturated heterocycles. The number of furan rings is 1. The van der Waals surface area contributed by atoms with Crippen LogP contribution in [0, 0.1) is 23.2 Å². The number of carbonyl (C=O) groups is 3. The van der Waals surface area contributed by atoms with Crippen LogP contribution in [0.15, 0.2) is 34.7 Å². The molecule has 36 heavy (non-hydrogen) atoms. The van der Waals surface area contributed by atoms with Gasteiger partial charge in [-0.3, -0.25) is 14.5 Å². The number of amides is 1. The molecule has 8 nitrogen and oxygen atoms in total. The Morgan fingerprint density at radius 3 is 2.44 bits per heavy atom. The number of nitriles is 1. The van der Waals surface area contributed by atoms with Gasteiger partial charge in [-0.1, -0.05) is 31.2 Å². The molecule has 4 rings (SSSR count). The third kappa shape index (κ3) is 5.52. The van der Waals surface area contributed by atoms with Crippen LogP contribution in [0.5, 0.6) is 0 Å². The van der Waals surface area contributed by atoms with Crippen molar-refractivity contribution in [3.8, 4) is 17.4 Å². The molecule has 1 aliphatic heterocycles. The maximum atomic E-state index is 13.8. The van der Waals surface area contributed by atoms with Crippen molar-refractivity contribution < 1.29 is 28.3 Å². The smallest absolute Gasteiger partial charge is 0.343 e. The van der Waals surface area contributed by atoms with E-state index in [0.717, 1.165) is 25.7 Å². The molecule has 1 aliphatic carbocycles. The van der Waals surface area contributed by atoms with Gasteiger partial charge >= 0.3 is 5.97 Å². The number of Topliss-reactive ketones (excluding diaryl/α,β-unsaturated/α-hetero) is 1. The van der Waals surface area contributed by atoms with Gasteiger partial charge in [0.1, 0.15) is 11.3 Å². The Morgan fingerprint density at radius 2 is 1.83 bits per heavy atom. The molecule has 1 aromatic carbocycles. The normalized spacial score (nSPS) is 21.5. The number of hydrogen-bond acceptors (Lipinski definition) is 7. The molecular formula is C28H32N2O6. The lowest BCUT2D eigenvalue weighted by Gasteiger charge is -2.33. The first-order valence-corrected chi connectivity index (χ1v) is 12.6.